The van der Waals surface area contributed by atoms with Crippen LogP contribution in [0.2, 0.25) is 0 Å². The summed E-state index contributed by atoms with van der Waals surface area (Å²) in [5, 5.41) is 10.3. The molecule has 0 fully saturated rings. The average Bonchev–Trinajstić information content (AvgIpc) is 3.15. The van der Waals surface area contributed by atoms with Gasteiger partial charge in [0.1, 0.15) is 0 Å². The minimum atomic E-state index is -0.457. The predicted molar refractivity (Wildman–Crippen MR) is 110 cm³/mol. The minimum absolute atomic E-state index is 0.141. The van der Waals surface area contributed by atoms with Gasteiger partial charge in [-0.3, -0.25) is 14.5 Å². The van der Waals surface area contributed by atoms with Crippen LogP contribution in [0.3, 0.4) is 0 Å². The molecule has 8 heteroatoms. The quantitative estimate of drug-likeness (QED) is 0.451. The van der Waals surface area contributed by atoms with Crippen LogP contribution in [0.15, 0.2) is 55.0 Å². The summed E-state index contributed by atoms with van der Waals surface area (Å²) in [5.74, 6) is -0.598. The van der Waals surface area contributed by atoms with Crippen LogP contribution in [-0.2, 0) is 11.8 Å². The number of anilines is 1. The number of nitrogens with one attached hydrogen (secondary N) is 2. The second kappa shape index (κ2) is 9.50. The number of esters is 1. The molecular weight excluding hydrogens is 370 g/mol. The van der Waals surface area contributed by atoms with E-state index in [-0.39, 0.29) is 5.91 Å². The van der Waals surface area contributed by atoms with E-state index in [0.717, 1.165) is 24.2 Å². The summed E-state index contributed by atoms with van der Waals surface area (Å²) in [5.41, 5.74) is 3.32. The molecule has 3 aromatic rings. The smallest absolute Gasteiger partial charge is 0.356 e. The van der Waals surface area contributed by atoms with E-state index in [1.807, 2.05) is 12.1 Å². The zero-order valence-corrected chi connectivity index (χ0v) is 16.4. The monoisotopic (exact) mass is 393 g/mol. The Bertz CT molecular complexity index is 968. The van der Waals surface area contributed by atoms with Crippen LogP contribution in [0.25, 0.3) is 11.1 Å². The fourth-order valence-corrected chi connectivity index (χ4v) is 2.88. The van der Waals surface area contributed by atoms with Crippen molar-refractivity contribution in [3.05, 3.63) is 66.2 Å². The lowest BCUT2D eigenvalue weighted by Crippen LogP contribution is -2.25. The van der Waals surface area contributed by atoms with Gasteiger partial charge in [0.25, 0.3) is 5.91 Å². The third-order valence-corrected chi connectivity index (χ3v) is 4.41. The number of methoxy groups -OCH3 is 1. The first-order chi connectivity index (χ1) is 14.1. The number of carbonyl (C=O) groups excluding carboxylic acids is 2. The number of carbonyl (C=O) groups is 2. The Labute approximate surface area is 168 Å². The molecular formula is C21H23N5O3. The number of nitrogens with zero attached hydrogens (tertiary/aromatic N) is 3. The van der Waals surface area contributed by atoms with Crippen LogP contribution in [0, 0.1) is 0 Å². The van der Waals surface area contributed by atoms with Crippen molar-refractivity contribution in [2.75, 3.05) is 25.5 Å². The Morgan fingerprint density at radius 2 is 1.90 bits per heavy atom. The minimum Gasteiger partial charge on any atom is -0.464 e. The Hall–Kier alpha value is -3.68. The molecule has 0 radical (unpaired) electrons. The van der Waals surface area contributed by atoms with E-state index in [0.29, 0.717) is 23.4 Å². The molecule has 3 rings (SSSR count). The van der Waals surface area contributed by atoms with Gasteiger partial charge < -0.3 is 15.4 Å². The van der Waals surface area contributed by atoms with Crippen molar-refractivity contribution in [2.24, 2.45) is 7.05 Å². The van der Waals surface area contributed by atoms with Gasteiger partial charge in [-0.05, 0) is 36.2 Å². The SMILES string of the molecule is COC(=O)c1c(-c2ccc(C(=O)NCCCNc3cccnc3)cc2)cnn1C. The van der Waals surface area contributed by atoms with Crippen molar-refractivity contribution in [3.63, 3.8) is 0 Å². The largest absolute Gasteiger partial charge is 0.464 e. The molecule has 0 spiro atoms. The van der Waals surface area contributed by atoms with E-state index in [9.17, 15) is 9.59 Å². The number of pyridine rings is 1. The van der Waals surface area contributed by atoms with Crippen LogP contribution < -0.4 is 10.6 Å². The molecule has 0 aliphatic heterocycles. The topological polar surface area (TPSA) is 98.1 Å². The first-order valence-electron chi connectivity index (χ1n) is 9.23. The highest BCUT2D eigenvalue weighted by Gasteiger charge is 2.18. The van der Waals surface area contributed by atoms with Gasteiger partial charge in [-0.15, -0.1) is 0 Å². The van der Waals surface area contributed by atoms with Gasteiger partial charge in [-0.25, -0.2) is 4.79 Å². The van der Waals surface area contributed by atoms with Crippen LogP contribution >= 0.6 is 0 Å². The second-order valence-electron chi connectivity index (χ2n) is 6.38. The average molecular weight is 393 g/mol. The number of hydrogen-bond donors (Lipinski definition) is 2. The summed E-state index contributed by atoms with van der Waals surface area (Å²) in [6.07, 6.45) is 5.88. The molecule has 2 aromatic heterocycles. The van der Waals surface area contributed by atoms with Crippen molar-refractivity contribution in [2.45, 2.75) is 6.42 Å². The lowest BCUT2D eigenvalue weighted by molar-refractivity contribution is 0.0589. The highest BCUT2D eigenvalue weighted by molar-refractivity contribution is 5.97. The van der Waals surface area contributed by atoms with E-state index in [1.54, 1.807) is 49.9 Å². The number of aromatic nitrogens is 3. The molecule has 1 aromatic carbocycles. The summed E-state index contributed by atoms with van der Waals surface area (Å²) >= 11 is 0. The molecule has 0 bridgehead atoms. The Kier molecular flexibility index (Phi) is 6.57. The molecule has 0 atom stereocenters. The lowest BCUT2D eigenvalue weighted by Gasteiger charge is -2.08. The van der Waals surface area contributed by atoms with E-state index in [2.05, 4.69) is 20.7 Å². The number of amides is 1. The molecule has 0 saturated carbocycles. The van der Waals surface area contributed by atoms with Gasteiger partial charge in [0.05, 0.1) is 19.0 Å². The standard InChI is InChI=1S/C21H23N5O3/c1-26-19(21(28)29-2)18(14-25-26)15-6-8-16(9-7-15)20(27)24-12-4-11-23-17-5-3-10-22-13-17/h3,5-10,13-14,23H,4,11-12H2,1-2H3,(H,24,27). The third kappa shape index (κ3) is 4.98. The summed E-state index contributed by atoms with van der Waals surface area (Å²) in [7, 11) is 3.01. The van der Waals surface area contributed by atoms with Crippen molar-refractivity contribution in [1.29, 1.82) is 0 Å². The van der Waals surface area contributed by atoms with Crippen LogP contribution in [0.4, 0.5) is 5.69 Å². The fraction of sp³-hybridized carbons (Fsp3) is 0.238. The maximum atomic E-state index is 12.3. The van der Waals surface area contributed by atoms with Crippen LogP contribution in [0.1, 0.15) is 27.3 Å². The van der Waals surface area contributed by atoms with E-state index >= 15 is 0 Å². The first kappa shape index (κ1) is 20.1. The highest BCUT2D eigenvalue weighted by Crippen LogP contribution is 2.24. The molecule has 2 N–H and O–H groups in total. The summed E-state index contributed by atoms with van der Waals surface area (Å²) in [4.78, 5) is 28.3. The number of aryl methyl sites for hydroxylation is 1. The van der Waals surface area contributed by atoms with Crippen molar-refractivity contribution in [1.82, 2.24) is 20.1 Å². The normalized spacial score (nSPS) is 10.4. The zero-order chi connectivity index (χ0) is 20.6. The molecule has 150 valence electrons. The Balaban J connectivity index is 1.53. The van der Waals surface area contributed by atoms with Crippen molar-refractivity contribution in [3.8, 4) is 11.1 Å². The van der Waals surface area contributed by atoms with Gasteiger partial charge in [-0.2, -0.15) is 5.10 Å². The lowest BCUT2D eigenvalue weighted by atomic mass is 10.0. The number of hydrogen-bond acceptors (Lipinski definition) is 6. The number of benzene rings is 1. The van der Waals surface area contributed by atoms with Gasteiger partial charge in [0.15, 0.2) is 5.69 Å². The first-order valence-corrected chi connectivity index (χ1v) is 9.23. The molecule has 0 saturated heterocycles. The molecule has 1 amide bonds. The summed E-state index contributed by atoms with van der Waals surface area (Å²) in [6.45, 7) is 1.30. The van der Waals surface area contributed by atoms with E-state index in [1.165, 1.54) is 11.8 Å². The summed E-state index contributed by atoms with van der Waals surface area (Å²) in [6, 6.07) is 10.9. The van der Waals surface area contributed by atoms with E-state index in [4.69, 9.17) is 4.74 Å². The number of ether oxygens (including phenoxy) is 1. The Morgan fingerprint density at radius 3 is 2.59 bits per heavy atom. The molecule has 29 heavy (non-hydrogen) atoms. The molecule has 0 aliphatic carbocycles. The summed E-state index contributed by atoms with van der Waals surface area (Å²) < 4.78 is 6.29. The van der Waals surface area contributed by atoms with Crippen LogP contribution in [-0.4, -0.2) is 46.8 Å². The predicted octanol–water partition coefficient (Wildman–Crippen LogP) is 2.50. The maximum Gasteiger partial charge on any atom is 0.356 e. The van der Waals surface area contributed by atoms with Gasteiger partial charge in [0, 0.05) is 43.7 Å². The van der Waals surface area contributed by atoms with Crippen LogP contribution in [0.5, 0.6) is 0 Å². The van der Waals surface area contributed by atoms with Crippen molar-refractivity contribution >= 4 is 17.6 Å². The Morgan fingerprint density at radius 1 is 1.10 bits per heavy atom. The van der Waals surface area contributed by atoms with E-state index < -0.39 is 5.97 Å². The molecule has 8 nitrogen and oxygen atoms in total. The van der Waals surface area contributed by atoms with Gasteiger partial charge in [-0.1, -0.05) is 12.1 Å². The second-order valence-corrected chi connectivity index (χ2v) is 6.38. The van der Waals surface area contributed by atoms with Gasteiger partial charge >= 0.3 is 5.97 Å². The maximum absolute atomic E-state index is 12.3. The third-order valence-electron chi connectivity index (χ3n) is 4.41. The molecule has 0 unspecified atom stereocenters. The zero-order valence-electron chi connectivity index (χ0n) is 16.4. The van der Waals surface area contributed by atoms with Crippen molar-refractivity contribution < 1.29 is 14.3 Å². The highest BCUT2D eigenvalue weighted by atomic mass is 16.5. The molecule has 2 heterocycles. The number of rotatable bonds is 8. The van der Waals surface area contributed by atoms with Gasteiger partial charge in [0.2, 0.25) is 0 Å². The fourth-order valence-electron chi connectivity index (χ4n) is 2.88. The molecule has 0 aliphatic rings.